The lowest BCUT2D eigenvalue weighted by Gasteiger charge is -2.37. The van der Waals surface area contributed by atoms with Crippen molar-refractivity contribution in [3.8, 4) is 0 Å². The minimum absolute atomic E-state index is 0.361. The average Bonchev–Trinajstić information content (AvgIpc) is 2.80. The molecule has 2 N–H and O–H groups in total. The molecule has 0 saturated carbocycles. The molecular formula is C24H27ClN4O3. The van der Waals surface area contributed by atoms with Crippen LogP contribution >= 0.6 is 11.6 Å². The molecule has 2 aliphatic rings. The van der Waals surface area contributed by atoms with Crippen molar-refractivity contribution in [2.45, 2.75) is 12.6 Å². The molecule has 0 aliphatic carbocycles. The third kappa shape index (κ3) is 5.12. The largest absolute Gasteiger partial charge is 0.466 e. The summed E-state index contributed by atoms with van der Waals surface area (Å²) in [6.07, 6.45) is 0. The van der Waals surface area contributed by atoms with Crippen molar-refractivity contribution < 1.29 is 14.3 Å². The number of methoxy groups -OCH3 is 1. The van der Waals surface area contributed by atoms with E-state index in [9.17, 15) is 9.59 Å². The molecule has 2 aromatic carbocycles. The van der Waals surface area contributed by atoms with Gasteiger partial charge >= 0.3 is 12.0 Å². The number of benzene rings is 2. The number of urea groups is 1. The van der Waals surface area contributed by atoms with Crippen molar-refractivity contribution in [3.63, 3.8) is 0 Å². The summed E-state index contributed by atoms with van der Waals surface area (Å²) in [5, 5.41) is 6.13. The molecule has 0 unspecified atom stereocenters. The Kier molecular flexibility index (Phi) is 7.09. The predicted octanol–water partition coefficient (Wildman–Crippen LogP) is 2.94. The smallest absolute Gasteiger partial charge is 0.338 e. The molecule has 1 fully saturated rings. The van der Waals surface area contributed by atoms with Gasteiger partial charge in [-0.3, -0.25) is 9.80 Å². The molecule has 7 nitrogen and oxygen atoms in total. The first-order valence-electron chi connectivity index (χ1n) is 10.7. The van der Waals surface area contributed by atoms with E-state index in [1.54, 1.807) is 6.07 Å². The second-order valence-electron chi connectivity index (χ2n) is 7.97. The molecule has 0 radical (unpaired) electrons. The predicted molar refractivity (Wildman–Crippen MR) is 123 cm³/mol. The van der Waals surface area contributed by atoms with Crippen molar-refractivity contribution in [2.24, 2.45) is 0 Å². The summed E-state index contributed by atoms with van der Waals surface area (Å²) in [6, 6.07) is 16.6. The Morgan fingerprint density at radius 1 is 1.00 bits per heavy atom. The zero-order valence-electron chi connectivity index (χ0n) is 18.0. The van der Waals surface area contributed by atoms with Crippen LogP contribution in [0.15, 0.2) is 65.9 Å². The van der Waals surface area contributed by atoms with Gasteiger partial charge in [0, 0.05) is 50.0 Å². The highest BCUT2D eigenvalue weighted by Crippen LogP contribution is 2.32. The highest BCUT2D eigenvalue weighted by Gasteiger charge is 2.35. The Morgan fingerprint density at radius 3 is 2.28 bits per heavy atom. The third-order valence-electron chi connectivity index (χ3n) is 5.87. The summed E-state index contributed by atoms with van der Waals surface area (Å²) >= 11 is 6.38. The normalized spacial score (nSPS) is 19.9. The molecule has 0 bridgehead atoms. The summed E-state index contributed by atoms with van der Waals surface area (Å²) in [4.78, 5) is 29.8. The van der Waals surface area contributed by atoms with Gasteiger partial charge in [0.25, 0.3) is 0 Å². The van der Waals surface area contributed by atoms with Crippen LogP contribution in [0.1, 0.15) is 17.2 Å². The van der Waals surface area contributed by atoms with E-state index in [0.717, 1.165) is 32.7 Å². The second kappa shape index (κ2) is 10.2. The Hall–Kier alpha value is -2.87. The Balaban J connectivity index is 1.51. The molecule has 0 spiro atoms. The van der Waals surface area contributed by atoms with Crippen LogP contribution in [0.5, 0.6) is 0 Å². The fourth-order valence-electron chi connectivity index (χ4n) is 4.21. The highest BCUT2D eigenvalue weighted by molar-refractivity contribution is 6.31. The fourth-order valence-corrected chi connectivity index (χ4v) is 4.45. The van der Waals surface area contributed by atoms with Gasteiger partial charge in [-0.05, 0) is 17.2 Å². The van der Waals surface area contributed by atoms with Gasteiger partial charge in [-0.15, -0.1) is 0 Å². The van der Waals surface area contributed by atoms with Crippen LogP contribution < -0.4 is 10.6 Å². The minimum atomic E-state index is -0.667. The van der Waals surface area contributed by atoms with Gasteiger partial charge in [0.2, 0.25) is 0 Å². The zero-order chi connectivity index (χ0) is 22.5. The maximum absolute atomic E-state index is 12.7. The monoisotopic (exact) mass is 454 g/mol. The molecule has 8 heteroatoms. The lowest BCUT2D eigenvalue weighted by Crippen LogP contribution is -2.51. The zero-order valence-corrected chi connectivity index (χ0v) is 18.8. The first-order valence-corrected chi connectivity index (χ1v) is 11.0. The molecule has 2 heterocycles. The number of esters is 1. The first-order chi connectivity index (χ1) is 15.5. The summed E-state index contributed by atoms with van der Waals surface area (Å²) in [7, 11) is 1.34. The van der Waals surface area contributed by atoms with Crippen LogP contribution in [-0.4, -0.2) is 61.6 Å². The number of amides is 2. The second-order valence-corrected chi connectivity index (χ2v) is 8.38. The van der Waals surface area contributed by atoms with Crippen molar-refractivity contribution in [2.75, 3.05) is 39.8 Å². The van der Waals surface area contributed by atoms with Crippen LogP contribution in [0.4, 0.5) is 4.79 Å². The number of carbonyl (C=O) groups is 2. The van der Waals surface area contributed by atoms with Crippen molar-refractivity contribution >= 4 is 23.6 Å². The topological polar surface area (TPSA) is 73.9 Å². The van der Waals surface area contributed by atoms with Gasteiger partial charge in [-0.1, -0.05) is 60.1 Å². The maximum atomic E-state index is 12.7. The van der Waals surface area contributed by atoms with E-state index >= 15 is 0 Å². The quantitative estimate of drug-likeness (QED) is 0.656. The SMILES string of the molecule is COC(=O)C1=C(CN2CCN(Cc3ccccc3)CC2)NC(=O)N[C@H]1c1ccccc1Cl. The van der Waals surface area contributed by atoms with Gasteiger partial charge in [0.15, 0.2) is 0 Å². The molecule has 2 aromatic rings. The molecule has 168 valence electrons. The van der Waals surface area contributed by atoms with Gasteiger partial charge < -0.3 is 15.4 Å². The van der Waals surface area contributed by atoms with E-state index in [2.05, 4.69) is 44.7 Å². The van der Waals surface area contributed by atoms with Gasteiger partial charge in [-0.25, -0.2) is 9.59 Å². The number of nitrogens with zero attached hydrogens (tertiary/aromatic N) is 2. The number of halogens is 1. The van der Waals surface area contributed by atoms with E-state index in [1.165, 1.54) is 12.7 Å². The van der Waals surface area contributed by atoms with Crippen LogP contribution in [0.25, 0.3) is 0 Å². The number of nitrogens with one attached hydrogen (secondary N) is 2. The van der Waals surface area contributed by atoms with E-state index in [0.29, 0.717) is 28.4 Å². The first kappa shape index (κ1) is 22.3. The van der Waals surface area contributed by atoms with E-state index in [1.807, 2.05) is 24.3 Å². The van der Waals surface area contributed by atoms with Crippen LogP contribution in [0.2, 0.25) is 5.02 Å². The number of hydrogen-bond acceptors (Lipinski definition) is 5. The molecule has 1 saturated heterocycles. The van der Waals surface area contributed by atoms with Gasteiger partial charge in [0.05, 0.1) is 18.7 Å². The summed E-state index contributed by atoms with van der Waals surface area (Å²) in [6.45, 7) is 4.87. The average molecular weight is 455 g/mol. The standard InChI is InChI=1S/C24H27ClN4O3/c1-32-23(30)21-20(26-24(31)27-22(21)18-9-5-6-10-19(18)25)16-29-13-11-28(12-14-29)15-17-7-3-2-4-8-17/h2-10,22H,11-16H2,1H3,(H2,26,27,31)/t22-/m0/s1. The van der Waals surface area contributed by atoms with Gasteiger partial charge in [-0.2, -0.15) is 0 Å². The van der Waals surface area contributed by atoms with E-state index < -0.39 is 12.0 Å². The fraction of sp³-hybridized carbons (Fsp3) is 0.333. The van der Waals surface area contributed by atoms with Crippen LogP contribution in [0, 0.1) is 0 Å². The molecule has 4 rings (SSSR count). The molecule has 32 heavy (non-hydrogen) atoms. The van der Waals surface area contributed by atoms with Gasteiger partial charge in [0.1, 0.15) is 0 Å². The van der Waals surface area contributed by atoms with E-state index in [4.69, 9.17) is 16.3 Å². The number of hydrogen-bond donors (Lipinski definition) is 2. The minimum Gasteiger partial charge on any atom is -0.466 e. The Labute approximate surface area is 193 Å². The van der Waals surface area contributed by atoms with Crippen LogP contribution in [0.3, 0.4) is 0 Å². The molecule has 2 amide bonds. The maximum Gasteiger partial charge on any atom is 0.338 e. The Bertz CT molecular complexity index is 1000. The highest BCUT2D eigenvalue weighted by atomic mass is 35.5. The number of carbonyl (C=O) groups excluding carboxylic acids is 2. The molecule has 2 aliphatic heterocycles. The summed E-state index contributed by atoms with van der Waals surface area (Å²) in [5.41, 5.74) is 2.90. The number of ether oxygens (including phenoxy) is 1. The summed E-state index contributed by atoms with van der Waals surface area (Å²) in [5.74, 6) is -0.486. The molecular weight excluding hydrogens is 428 g/mol. The molecule has 0 aromatic heterocycles. The van der Waals surface area contributed by atoms with Crippen molar-refractivity contribution in [3.05, 3.63) is 82.0 Å². The third-order valence-corrected chi connectivity index (χ3v) is 6.22. The number of rotatable bonds is 6. The molecule has 1 atom stereocenters. The number of piperazine rings is 1. The summed E-state index contributed by atoms with van der Waals surface area (Å²) < 4.78 is 5.06. The van der Waals surface area contributed by atoms with E-state index in [-0.39, 0.29) is 6.03 Å². The Morgan fingerprint density at radius 2 is 1.62 bits per heavy atom. The lowest BCUT2D eigenvalue weighted by molar-refractivity contribution is -0.136. The van der Waals surface area contributed by atoms with Crippen molar-refractivity contribution in [1.82, 2.24) is 20.4 Å². The van der Waals surface area contributed by atoms with Crippen LogP contribution in [-0.2, 0) is 16.1 Å². The lowest BCUT2D eigenvalue weighted by atomic mass is 9.95. The van der Waals surface area contributed by atoms with Crippen molar-refractivity contribution in [1.29, 1.82) is 0 Å².